The van der Waals surface area contributed by atoms with Gasteiger partial charge in [-0.05, 0) is 71.6 Å². The minimum absolute atomic E-state index is 0.0667. The van der Waals surface area contributed by atoms with Crippen LogP contribution in [0.3, 0.4) is 0 Å². The average Bonchev–Trinajstić information content (AvgIpc) is 3.37. The van der Waals surface area contributed by atoms with Crippen LogP contribution in [0.5, 0.6) is 17.2 Å². The molecule has 0 saturated carbocycles. The van der Waals surface area contributed by atoms with Crippen molar-refractivity contribution in [2.24, 2.45) is 10.1 Å². The smallest absolute Gasteiger partial charge is 0.283 e. The number of hydrogen-bond donors (Lipinski definition) is 1. The van der Waals surface area contributed by atoms with Gasteiger partial charge in [0.15, 0.2) is 17.3 Å². The van der Waals surface area contributed by atoms with Gasteiger partial charge in [0.25, 0.3) is 5.91 Å². The maximum Gasteiger partial charge on any atom is 0.283 e. The standard InChI is InChI=1S/C31H29ClN4O4S/c1-18(2)21-11-9-19(3)15-26(21)40-14-13-39-25-12-10-20(17-27(25)38-4)16-23-28(33)36-31(34-29(23)37)41-30(35-36)22-7-5-6-8-24(22)32/h5-12,15-18,33H,13-14H2,1-4H3/b23-16+,33-28?. The number of nitrogens with one attached hydrogen (secondary N) is 1. The lowest BCUT2D eigenvalue weighted by molar-refractivity contribution is -0.114. The highest BCUT2D eigenvalue weighted by atomic mass is 35.5. The molecule has 41 heavy (non-hydrogen) atoms. The van der Waals surface area contributed by atoms with Crippen molar-refractivity contribution >= 4 is 51.4 Å². The quantitative estimate of drug-likeness (QED) is 0.216. The van der Waals surface area contributed by atoms with Crippen molar-refractivity contribution in [3.05, 3.63) is 93.5 Å². The molecule has 210 valence electrons. The van der Waals surface area contributed by atoms with Gasteiger partial charge in [-0.2, -0.15) is 15.1 Å². The number of halogens is 1. The fourth-order valence-corrected chi connectivity index (χ4v) is 5.55. The second-order valence-corrected chi connectivity index (χ2v) is 11.1. The first kappa shape index (κ1) is 28.4. The molecule has 0 unspecified atom stereocenters. The molecule has 2 heterocycles. The van der Waals surface area contributed by atoms with Crippen molar-refractivity contribution in [1.82, 2.24) is 5.01 Å². The molecule has 0 bridgehead atoms. The lowest BCUT2D eigenvalue weighted by atomic mass is 10.0. The number of fused-ring (bicyclic) bond motifs is 1. The molecule has 0 radical (unpaired) electrons. The summed E-state index contributed by atoms with van der Waals surface area (Å²) in [5, 5.41) is 16.0. The Kier molecular flexibility index (Phi) is 8.46. The summed E-state index contributed by atoms with van der Waals surface area (Å²) in [5.74, 6) is 1.67. The van der Waals surface area contributed by atoms with E-state index in [9.17, 15) is 4.79 Å². The van der Waals surface area contributed by atoms with Crippen LogP contribution in [-0.4, -0.2) is 47.3 Å². The Morgan fingerprint density at radius 2 is 1.78 bits per heavy atom. The van der Waals surface area contributed by atoms with E-state index in [-0.39, 0.29) is 11.4 Å². The molecule has 5 rings (SSSR count). The highest BCUT2D eigenvalue weighted by molar-refractivity contribution is 8.27. The summed E-state index contributed by atoms with van der Waals surface area (Å²) in [7, 11) is 1.55. The van der Waals surface area contributed by atoms with Crippen molar-refractivity contribution in [2.45, 2.75) is 26.7 Å². The Balaban J connectivity index is 1.28. The average molecular weight is 589 g/mol. The first-order valence-corrected chi connectivity index (χ1v) is 14.2. The lowest BCUT2D eigenvalue weighted by Gasteiger charge is -2.20. The van der Waals surface area contributed by atoms with E-state index >= 15 is 0 Å². The molecule has 0 aliphatic carbocycles. The lowest BCUT2D eigenvalue weighted by Crippen LogP contribution is -2.35. The number of hydrogen-bond acceptors (Lipinski definition) is 7. The van der Waals surface area contributed by atoms with Crippen LogP contribution < -0.4 is 14.2 Å². The number of benzene rings is 3. The summed E-state index contributed by atoms with van der Waals surface area (Å²) >= 11 is 7.52. The number of carbonyl (C=O) groups is 1. The van der Waals surface area contributed by atoms with Crippen LogP contribution in [0.4, 0.5) is 0 Å². The molecule has 1 amide bonds. The first-order valence-electron chi connectivity index (χ1n) is 13.0. The van der Waals surface area contributed by atoms with Gasteiger partial charge in [0.2, 0.25) is 5.17 Å². The molecule has 2 aliphatic rings. The van der Waals surface area contributed by atoms with Gasteiger partial charge in [0.1, 0.15) is 24.0 Å². The third-order valence-corrected chi connectivity index (χ3v) is 7.72. The molecular weight excluding hydrogens is 560 g/mol. The number of hydrazone groups is 1. The zero-order chi connectivity index (χ0) is 29.1. The zero-order valence-corrected chi connectivity index (χ0v) is 24.7. The number of aryl methyl sites for hydroxylation is 1. The van der Waals surface area contributed by atoms with E-state index in [4.69, 9.17) is 31.2 Å². The monoisotopic (exact) mass is 588 g/mol. The summed E-state index contributed by atoms with van der Waals surface area (Å²) in [4.78, 5) is 17.0. The fraction of sp³-hybridized carbons (Fsp3) is 0.226. The highest BCUT2D eigenvalue weighted by Gasteiger charge is 2.36. The minimum Gasteiger partial charge on any atom is -0.493 e. The van der Waals surface area contributed by atoms with Gasteiger partial charge < -0.3 is 14.2 Å². The number of carbonyl (C=O) groups excluding carboxylic acids is 1. The normalized spacial score (nSPS) is 15.7. The summed E-state index contributed by atoms with van der Waals surface area (Å²) in [6.07, 6.45) is 1.60. The van der Waals surface area contributed by atoms with Crippen molar-refractivity contribution in [3.8, 4) is 17.2 Å². The predicted octanol–water partition coefficient (Wildman–Crippen LogP) is 6.91. The molecule has 2 aliphatic heterocycles. The van der Waals surface area contributed by atoms with Crippen LogP contribution in [-0.2, 0) is 4.79 Å². The van der Waals surface area contributed by atoms with E-state index in [1.54, 1.807) is 37.5 Å². The maximum atomic E-state index is 12.9. The van der Waals surface area contributed by atoms with E-state index in [1.807, 2.05) is 31.2 Å². The molecule has 10 heteroatoms. The number of rotatable bonds is 9. The predicted molar refractivity (Wildman–Crippen MR) is 165 cm³/mol. The molecular formula is C31H29ClN4O4S. The molecule has 0 spiro atoms. The third kappa shape index (κ3) is 6.16. The van der Waals surface area contributed by atoms with E-state index in [1.165, 1.54) is 16.8 Å². The SMILES string of the molecule is COc1cc(/C=C2\C(=N)N3N=C(c4ccccc4Cl)SC3=NC2=O)ccc1OCCOc1cc(C)ccc1C(C)C. The van der Waals surface area contributed by atoms with Gasteiger partial charge in [-0.3, -0.25) is 10.2 Å². The number of aliphatic imine (C=N–C) groups is 1. The Morgan fingerprint density at radius 3 is 2.51 bits per heavy atom. The van der Waals surface area contributed by atoms with Gasteiger partial charge in [0.05, 0.1) is 17.7 Å². The molecule has 0 aromatic heterocycles. The molecule has 3 aromatic carbocycles. The number of thioether (sulfide) groups is 1. The second kappa shape index (κ2) is 12.2. The number of ether oxygens (including phenoxy) is 3. The number of nitrogens with zero attached hydrogens (tertiary/aromatic N) is 3. The van der Waals surface area contributed by atoms with E-state index in [0.717, 1.165) is 16.9 Å². The fourth-order valence-electron chi connectivity index (χ4n) is 4.34. The van der Waals surface area contributed by atoms with E-state index in [0.29, 0.717) is 57.0 Å². The summed E-state index contributed by atoms with van der Waals surface area (Å²) in [5.41, 5.74) is 3.78. The van der Waals surface area contributed by atoms with Crippen LogP contribution >= 0.6 is 23.4 Å². The molecule has 0 saturated heterocycles. The Bertz CT molecular complexity index is 1620. The largest absolute Gasteiger partial charge is 0.493 e. The topological polar surface area (TPSA) is 96.6 Å². The molecule has 8 nitrogen and oxygen atoms in total. The van der Waals surface area contributed by atoms with Gasteiger partial charge in [-0.25, -0.2) is 0 Å². The molecule has 3 aromatic rings. The van der Waals surface area contributed by atoms with Gasteiger partial charge in [-0.15, -0.1) is 0 Å². The van der Waals surface area contributed by atoms with Crippen LogP contribution in [0, 0.1) is 12.3 Å². The Hall–Kier alpha value is -4.08. The summed E-state index contributed by atoms with van der Waals surface area (Å²) in [6.45, 7) is 7.01. The van der Waals surface area contributed by atoms with Gasteiger partial charge in [-0.1, -0.05) is 61.8 Å². The van der Waals surface area contributed by atoms with Crippen molar-refractivity contribution < 1.29 is 19.0 Å². The first-order chi connectivity index (χ1) is 19.7. The molecule has 0 atom stereocenters. The second-order valence-electron chi connectivity index (χ2n) is 9.71. The third-order valence-electron chi connectivity index (χ3n) is 6.45. The van der Waals surface area contributed by atoms with E-state index in [2.05, 4.69) is 36.1 Å². The highest BCUT2D eigenvalue weighted by Crippen LogP contribution is 2.34. The van der Waals surface area contributed by atoms with Gasteiger partial charge in [0, 0.05) is 5.56 Å². The van der Waals surface area contributed by atoms with Crippen LogP contribution in [0.15, 0.2) is 76.3 Å². The zero-order valence-electron chi connectivity index (χ0n) is 23.1. The molecule has 1 N–H and O–H groups in total. The Morgan fingerprint density at radius 1 is 1.02 bits per heavy atom. The molecule has 0 fully saturated rings. The Labute approximate surface area is 248 Å². The van der Waals surface area contributed by atoms with Crippen molar-refractivity contribution in [3.63, 3.8) is 0 Å². The van der Waals surface area contributed by atoms with Crippen LogP contribution in [0.1, 0.15) is 42.0 Å². The number of amides is 1. The van der Waals surface area contributed by atoms with Crippen LogP contribution in [0.25, 0.3) is 6.08 Å². The van der Waals surface area contributed by atoms with Crippen LogP contribution in [0.2, 0.25) is 5.02 Å². The van der Waals surface area contributed by atoms with E-state index < -0.39 is 5.91 Å². The number of methoxy groups -OCH3 is 1. The minimum atomic E-state index is -0.516. The maximum absolute atomic E-state index is 12.9. The van der Waals surface area contributed by atoms with Gasteiger partial charge >= 0.3 is 0 Å². The summed E-state index contributed by atoms with van der Waals surface area (Å²) < 4.78 is 17.5. The van der Waals surface area contributed by atoms with Crippen molar-refractivity contribution in [2.75, 3.05) is 20.3 Å². The number of amidine groups is 2. The summed E-state index contributed by atoms with van der Waals surface area (Å²) in [6, 6.07) is 18.8. The van der Waals surface area contributed by atoms with Crippen molar-refractivity contribution in [1.29, 1.82) is 5.41 Å².